The van der Waals surface area contributed by atoms with Crippen molar-refractivity contribution in [3.05, 3.63) is 41.7 Å². The van der Waals surface area contributed by atoms with Crippen LogP contribution in [0.4, 0.5) is 5.69 Å². The Labute approximate surface area is 129 Å². The number of aryl methyl sites for hydroxylation is 1. The van der Waals surface area contributed by atoms with Crippen LogP contribution >= 0.6 is 11.6 Å². The highest BCUT2D eigenvalue weighted by molar-refractivity contribution is 7.92. The molecule has 1 aromatic carbocycles. The minimum atomic E-state index is -3.68. The zero-order valence-electron chi connectivity index (χ0n) is 11.6. The van der Waals surface area contributed by atoms with Crippen LogP contribution < -0.4 is 10.0 Å². The Balaban J connectivity index is 2.11. The van der Waals surface area contributed by atoms with Gasteiger partial charge < -0.3 is 5.32 Å². The van der Waals surface area contributed by atoms with Crippen molar-refractivity contribution in [1.82, 2.24) is 15.1 Å². The van der Waals surface area contributed by atoms with Gasteiger partial charge in [-0.2, -0.15) is 5.10 Å². The first-order valence-electron chi connectivity index (χ1n) is 6.47. The topological polar surface area (TPSA) is 76.0 Å². The summed E-state index contributed by atoms with van der Waals surface area (Å²) >= 11 is 5.95. The highest BCUT2D eigenvalue weighted by atomic mass is 35.5. The van der Waals surface area contributed by atoms with Gasteiger partial charge in [0.25, 0.3) is 10.0 Å². The molecular weight excluding hydrogens is 312 g/mol. The number of hydrogen-bond donors (Lipinski definition) is 2. The van der Waals surface area contributed by atoms with Crippen molar-refractivity contribution in [2.75, 3.05) is 18.3 Å². The third kappa shape index (κ3) is 4.20. The van der Waals surface area contributed by atoms with Gasteiger partial charge >= 0.3 is 0 Å². The van der Waals surface area contributed by atoms with Crippen molar-refractivity contribution in [2.45, 2.75) is 17.9 Å². The molecule has 21 heavy (non-hydrogen) atoms. The second-order valence-electron chi connectivity index (χ2n) is 4.48. The van der Waals surface area contributed by atoms with Gasteiger partial charge in [-0.25, -0.2) is 8.42 Å². The number of para-hydroxylation sites is 1. The summed E-state index contributed by atoms with van der Waals surface area (Å²) in [5.41, 5.74) is 0.349. The van der Waals surface area contributed by atoms with Crippen molar-refractivity contribution in [3.63, 3.8) is 0 Å². The molecular formula is C13H17ClN4O2S. The number of benzene rings is 1. The van der Waals surface area contributed by atoms with Crippen LogP contribution in [0, 0.1) is 0 Å². The van der Waals surface area contributed by atoms with Gasteiger partial charge in [-0.3, -0.25) is 9.40 Å². The van der Waals surface area contributed by atoms with Crippen LogP contribution in [0.3, 0.4) is 0 Å². The number of nitrogens with one attached hydrogen (secondary N) is 2. The molecule has 0 bridgehead atoms. The van der Waals surface area contributed by atoms with Crippen molar-refractivity contribution >= 4 is 27.3 Å². The largest absolute Gasteiger partial charge is 0.320 e. The molecule has 0 amide bonds. The first-order chi connectivity index (χ1) is 10.0. The van der Waals surface area contributed by atoms with E-state index in [2.05, 4.69) is 15.1 Å². The van der Waals surface area contributed by atoms with E-state index in [4.69, 9.17) is 11.6 Å². The van der Waals surface area contributed by atoms with Gasteiger partial charge in [0.15, 0.2) is 0 Å². The lowest BCUT2D eigenvalue weighted by molar-refractivity contribution is 0.561. The average molecular weight is 329 g/mol. The summed E-state index contributed by atoms with van der Waals surface area (Å²) in [5.74, 6) is 0. The molecule has 0 aliphatic rings. The van der Waals surface area contributed by atoms with Gasteiger partial charge in [0.2, 0.25) is 0 Å². The molecule has 0 aliphatic heterocycles. The molecule has 2 N–H and O–H groups in total. The molecule has 6 nitrogen and oxygen atoms in total. The van der Waals surface area contributed by atoms with Crippen molar-refractivity contribution < 1.29 is 8.42 Å². The minimum Gasteiger partial charge on any atom is -0.320 e. The molecule has 0 unspecified atom stereocenters. The Morgan fingerprint density at radius 1 is 1.33 bits per heavy atom. The Morgan fingerprint density at radius 3 is 2.81 bits per heavy atom. The second kappa shape index (κ2) is 6.93. The molecule has 0 fully saturated rings. The number of anilines is 1. The molecule has 8 heteroatoms. The fourth-order valence-corrected chi connectivity index (χ4v) is 3.04. The Kier molecular flexibility index (Phi) is 5.22. The predicted octanol–water partition coefficient (Wildman–Crippen LogP) is 1.95. The van der Waals surface area contributed by atoms with Gasteiger partial charge in [-0.15, -0.1) is 0 Å². The number of halogens is 1. The Bertz CT molecular complexity index is 700. The van der Waals surface area contributed by atoms with E-state index in [1.54, 1.807) is 28.9 Å². The second-order valence-corrected chi connectivity index (χ2v) is 6.57. The molecule has 0 saturated carbocycles. The molecule has 0 saturated heterocycles. The molecule has 0 radical (unpaired) electrons. The summed E-state index contributed by atoms with van der Waals surface area (Å²) in [4.78, 5) is 0.117. The van der Waals surface area contributed by atoms with Crippen LogP contribution in [-0.4, -0.2) is 31.8 Å². The summed E-state index contributed by atoms with van der Waals surface area (Å²) in [6.45, 7) is 1.50. The van der Waals surface area contributed by atoms with E-state index < -0.39 is 10.0 Å². The van der Waals surface area contributed by atoms with Crippen LogP contribution in [0.15, 0.2) is 41.6 Å². The smallest absolute Gasteiger partial charge is 0.265 e. The maximum Gasteiger partial charge on any atom is 0.265 e. The van der Waals surface area contributed by atoms with Crippen LogP contribution in [0.5, 0.6) is 0 Å². The Morgan fingerprint density at radius 2 is 2.10 bits per heavy atom. The molecule has 1 aromatic heterocycles. The van der Waals surface area contributed by atoms with E-state index >= 15 is 0 Å². The first kappa shape index (κ1) is 15.8. The van der Waals surface area contributed by atoms with Crippen LogP contribution in [-0.2, 0) is 16.6 Å². The number of hydrogen-bond acceptors (Lipinski definition) is 4. The van der Waals surface area contributed by atoms with E-state index in [0.717, 1.165) is 13.0 Å². The summed E-state index contributed by atoms with van der Waals surface area (Å²) in [6, 6.07) is 6.68. The number of sulfonamides is 1. The third-order valence-corrected chi connectivity index (χ3v) is 4.50. The molecule has 0 aliphatic carbocycles. The van der Waals surface area contributed by atoms with E-state index in [-0.39, 0.29) is 4.90 Å². The zero-order chi connectivity index (χ0) is 15.3. The molecule has 0 atom stereocenters. The third-order valence-electron chi connectivity index (χ3n) is 2.85. The quantitative estimate of drug-likeness (QED) is 0.762. The monoisotopic (exact) mass is 328 g/mol. The normalized spacial score (nSPS) is 11.5. The standard InChI is InChI=1S/C13H17ClN4O2S/c1-15-7-4-8-18-10-11(9-16-18)21(19,20)17-13-6-3-2-5-12(13)14/h2-3,5-6,9-10,15,17H,4,7-8H2,1H3. The van der Waals surface area contributed by atoms with Crippen LogP contribution in [0.1, 0.15) is 6.42 Å². The fourth-order valence-electron chi connectivity index (χ4n) is 1.77. The van der Waals surface area contributed by atoms with Crippen molar-refractivity contribution in [2.24, 2.45) is 0 Å². The van der Waals surface area contributed by atoms with Gasteiger partial charge in [-0.1, -0.05) is 23.7 Å². The summed E-state index contributed by atoms with van der Waals surface area (Å²) in [7, 11) is -1.81. The van der Waals surface area contributed by atoms with Gasteiger partial charge in [0.1, 0.15) is 4.90 Å². The van der Waals surface area contributed by atoms with E-state index in [9.17, 15) is 8.42 Å². The lowest BCUT2D eigenvalue weighted by atomic mass is 10.3. The molecule has 114 valence electrons. The number of aromatic nitrogens is 2. The average Bonchev–Trinajstić information content (AvgIpc) is 2.91. The van der Waals surface area contributed by atoms with Crippen molar-refractivity contribution in [3.8, 4) is 0 Å². The number of nitrogens with zero attached hydrogens (tertiary/aromatic N) is 2. The summed E-state index contributed by atoms with van der Waals surface area (Å²) in [5, 5.41) is 7.43. The maximum atomic E-state index is 12.3. The SMILES string of the molecule is CNCCCn1cc(S(=O)(=O)Nc2ccccc2Cl)cn1. The lowest BCUT2D eigenvalue weighted by Crippen LogP contribution is -2.13. The fraction of sp³-hybridized carbons (Fsp3) is 0.308. The number of rotatable bonds is 7. The molecule has 1 heterocycles. The van der Waals surface area contributed by atoms with E-state index in [1.807, 2.05) is 7.05 Å². The summed E-state index contributed by atoms with van der Waals surface area (Å²) in [6.07, 6.45) is 3.71. The first-order valence-corrected chi connectivity index (χ1v) is 8.33. The predicted molar refractivity (Wildman–Crippen MR) is 83.0 cm³/mol. The lowest BCUT2D eigenvalue weighted by Gasteiger charge is -2.07. The highest BCUT2D eigenvalue weighted by Gasteiger charge is 2.17. The zero-order valence-corrected chi connectivity index (χ0v) is 13.2. The van der Waals surface area contributed by atoms with E-state index in [1.165, 1.54) is 12.4 Å². The molecule has 2 rings (SSSR count). The van der Waals surface area contributed by atoms with Crippen LogP contribution in [0.25, 0.3) is 0 Å². The highest BCUT2D eigenvalue weighted by Crippen LogP contribution is 2.23. The van der Waals surface area contributed by atoms with Crippen LogP contribution in [0.2, 0.25) is 5.02 Å². The summed E-state index contributed by atoms with van der Waals surface area (Å²) < 4.78 is 28.6. The van der Waals surface area contributed by atoms with Gasteiger partial charge in [0.05, 0.1) is 16.9 Å². The van der Waals surface area contributed by atoms with Gasteiger partial charge in [0, 0.05) is 12.7 Å². The minimum absolute atomic E-state index is 0.117. The maximum absolute atomic E-state index is 12.3. The molecule has 0 spiro atoms. The van der Waals surface area contributed by atoms with Crippen molar-refractivity contribution in [1.29, 1.82) is 0 Å². The Hall–Kier alpha value is -1.57. The van der Waals surface area contributed by atoms with E-state index in [0.29, 0.717) is 17.3 Å². The van der Waals surface area contributed by atoms with Gasteiger partial charge in [-0.05, 0) is 32.1 Å². The molecule has 2 aromatic rings.